The molecule has 6 heteroatoms. The molecule has 3 heterocycles. The van der Waals surface area contributed by atoms with Crippen molar-refractivity contribution >= 4 is 17.7 Å². The van der Waals surface area contributed by atoms with Crippen LogP contribution in [0.5, 0.6) is 0 Å². The van der Waals surface area contributed by atoms with Crippen LogP contribution in [0.1, 0.15) is 46.2 Å². The fourth-order valence-corrected chi connectivity index (χ4v) is 2.80. The molecule has 1 unspecified atom stereocenters. The summed E-state index contributed by atoms with van der Waals surface area (Å²) in [5.41, 5.74) is 0.930. The highest BCUT2D eigenvalue weighted by Gasteiger charge is 2.30. The molecule has 6 nitrogen and oxygen atoms in total. The van der Waals surface area contributed by atoms with Crippen LogP contribution in [0.3, 0.4) is 0 Å². The summed E-state index contributed by atoms with van der Waals surface area (Å²) >= 11 is 0. The lowest BCUT2D eigenvalue weighted by Gasteiger charge is -2.23. The van der Waals surface area contributed by atoms with Gasteiger partial charge in [-0.15, -0.1) is 0 Å². The molecule has 0 saturated carbocycles. The number of carboxylic acids is 1. The minimum absolute atomic E-state index is 0.00931. The Morgan fingerprint density at radius 3 is 3.00 bits per heavy atom. The highest BCUT2D eigenvalue weighted by atomic mass is 16.4. The Morgan fingerprint density at radius 2 is 2.37 bits per heavy atom. The predicted molar refractivity (Wildman–Crippen MR) is 68.4 cm³/mol. The third kappa shape index (κ3) is 1.83. The number of carbonyl (C=O) groups is 2. The van der Waals surface area contributed by atoms with Gasteiger partial charge in [0, 0.05) is 24.7 Å². The third-order valence-corrected chi connectivity index (χ3v) is 3.83. The second-order valence-corrected chi connectivity index (χ2v) is 5.03. The molecule has 0 aromatic carbocycles. The average molecular weight is 261 g/mol. The number of anilines is 1. The van der Waals surface area contributed by atoms with Crippen LogP contribution in [0.25, 0.3) is 0 Å². The Morgan fingerprint density at radius 1 is 1.58 bits per heavy atom. The van der Waals surface area contributed by atoms with Crippen LogP contribution in [0.2, 0.25) is 0 Å². The number of carbonyl (C=O) groups excluding carboxylic acids is 1. The SMILES string of the molecule is CC1CCCN1c1cc2c(c(C(=O)O)n1)CNC2=O. The van der Waals surface area contributed by atoms with Gasteiger partial charge in [-0.3, -0.25) is 4.79 Å². The maximum Gasteiger partial charge on any atom is 0.354 e. The highest BCUT2D eigenvalue weighted by Crippen LogP contribution is 2.28. The van der Waals surface area contributed by atoms with Crippen molar-refractivity contribution in [1.82, 2.24) is 10.3 Å². The highest BCUT2D eigenvalue weighted by molar-refractivity contribution is 6.02. The molecule has 2 aliphatic rings. The Kier molecular flexibility index (Phi) is 2.66. The van der Waals surface area contributed by atoms with Gasteiger partial charge in [0.05, 0.1) is 5.56 Å². The molecule has 3 rings (SSSR count). The number of aromatic carboxylic acids is 1. The Labute approximate surface area is 110 Å². The van der Waals surface area contributed by atoms with Crippen molar-refractivity contribution in [2.24, 2.45) is 0 Å². The standard InChI is InChI=1S/C13H15N3O3/c1-7-3-2-4-16(7)10-5-8-9(6-14-12(8)17)11(15-10)13(18)19/h5,7H,2-4,6H2,1H3,(H,14,17)(H,18,19). The van der Waals surface area contributed by atoms with E-state index in [1.165, 1.54) is 0 Å². The number of pyridine rings is 1. The van der Waals surface area contributed by atoms with Crippen molar-refractivity contribution in [2.45, 2.75) is 32.4 Å². The van der Waals surface area contributed by atoms with E-state index in [9.17, 15) is 14.7 Å². The minimum Gasteiger partial charge on any atom is -0.476 e. The first-order valence-corrected chi connectivity index (χ1v) is 6.40. The molecule has 0 aliphatic carbocycles. The van der Waals surface area contributed by atoms with Gasteiger partial charge < -0.3 is 15.3 Å². The maximum atomic E-state index is 11.7. The van der Waals surface area contributed by atoms with Gasteiger partial charge in [0.2, 0.25) is 0 Å². The van der Waals surface area contributed by atoms with E-state index in [-0.39, 0.29) is 18.1 Å². The molecule has 1 aromatic rings. The predicted octanol–water partition coefficient (Wildman–Crippen LogP) is 1.01. The first-order valence-electron chi connectivity index (χ1n) is 6.40. The molecule has 1 aromatic heterocycles. The van der Waals surface area contributed by atoms with Crippen LogP contribution in [-0.2, 0) is 6.54 Å². The molecular weight excluding hydrogens is 246 g/mol. The Balaban J connectivity index is 2.12. The van der Waals surface area contributed by atoms with Crippen molar-refractivity contribution in [2.75, 3.05) is 11.4 Å². The number of fused-ring (bicyclic) bond motifs is 1. The summed E-state index contributed by atoms with van der Waals surface area (Å²) in [5, 5.41) is 11.9. The van der Waals surface area contributed by atoms with Crippen LogP contribution < -0.4 is 10.2 Å². The lowest BCUT2D eigenvalue weighted by atomic mass is 10.1. The lowest BCUT2D eigenvalue weighted by molar-refractivity contribution is 0.0689. The van der Waals surface area contributed by atoms with Crippen LogP contribution in [0, 0.1) is 0 Å². The largest absolute Gasteiger partial charge is 0.476 e. The van der Waals surface area contributed by atoms with Gasteiger partial charge in [0.1, 0.15) is 5.82 Å². The molecule has 0 spiro atoms. The first-order chi connectivity index (χ1) is 9.08. The molecule has 0 bridgehead atoms. The number of hydrogen-bond acceptors (Lipinski definition) is 4. The van der Waals surface area contributed by atoms with Crippen molar-refractivity contribution in [3.63, 3.8) is 0 Å². The molecule has 2 N–H and O–H groups in total. The van der Waals surface area contributed by atoms with E-state index in [0.29, 0.717) is 23.0 Å². The van der Waals surface area contributed by atoms with Crippen LogP contribution in [-0.4, -0.2) is 34.6 Å². The summed E-state index contributed by atoms with van der Waals surface area (Å²) in [6, 6.07) is 2.04. The summed E-state index contributed by atoms with van der Waals surface area (Å²) in [6.07, 6.45) is 2.13. The van der Waals surface area contributed by atoms with E-state index < -0.39 is 5.97 Å². The number of nitrogens with one attached hydrogen (secondary N) is 1. The second kappa shape index (κ2) is 4.22. The fraction of sp³-hybridized carbons (Fsp3) is 0.462. The van der Waals surface area contributed by atoms with Gasteiger partial charge in [-0.1, -0.05) is 0 Å². The first kappa shape index (κ1) is 12.0. The second-order valence-electron chi connectivity index (χ2n) is 5.03. The van der Waals surface area contributed by atoms with Gasteiger partial charge in [0.25, 0.3) is 5.91 Å². The molecule has 1 atom stereocenters. The number of rotatable bonds is 2. The van der Waals surface area contributed by atoms with E-state index in [4.69, 9.17) is 0 Å². The summed E-state index contributed by atoms with van der Waals surface area (Å²) in [4.78, 5) is 29.3. The normalized spacial score (nSPS) is 21.4. The fourth-order valence-electron chi connectivity index (χ4n) is 2.80. The van der Waals surface area contributed by atoms with E-state index in [1.807, 2.05) is 0 Å². The monoisotopic (exact) mass is 261 g/mol. The Hall–Kier alpha value is -2.11. The lowest BCUT2D eigenvalue weighted by Crippen LogP contribution is -2.28. The summed E-state index contributed by atoms with van der Waals surface area (Å²) in [7, 11) is 0. The maximum absolute atomic E-state index is 11.7. The smallest absolute Gasteiger partial charge is 0.354 e. The average Bonchev–Trinajstić information content (AvgIpc) is 2.95. The van der Waals surface area contributed by atoms with Gasteiger partial charge >= 0.3 is 5.97 Å². The van der Waals surface area contributed by atoms with E-state index in [1.54, 1.807) is 6.07 Å². The zero-order valence-corrected chi connectivity index (χ0v) is 10.6. The molecule has 1 fully saturated rings. The Bertz CT molecular complexity index is 570. The van der Waals surface area contributed by atoms with E-state index >= 15 is 0 Å². The van der Waals surface area contributed by atoms with Crippen LogP contribution in [0.4, 0.5) is 5.82 Å². The van der Waals surface area contributed by atoms with Gasteiger partial charge in [-0.25, -0.2) is 9.78 Å². The van der Waals surface area contributed by atoms with Crippen LogP contribution >= 0.6 is 0 Å². The molecule has 0 radical (unpaired) electrons. The molecule has 2 aliphatic heterocycles. The molecule has 1 saturated heterocycles. The van der Waals surface area contributed by atoms with Crippen molar-refractivity contribution in [1.29, 1.82) is 0 Å². The molecule has 100 valence electrons. The van der Waals surface area contributed by atoms with Crippen molar-refractivity contribution < 1.29 is 14.7 Å². The number of nitrogens with zero attached hydrogens (tertiary/aromatic N) is 2. The van der Waals surface area contributed by atoms with Gasteiger partial charge in [-0.2, -0.15) is 0 Å². The number of carboxylic acid groups (broad SMARTS) is 1. The zero-order chi connectivity index (χ0) is 13.6. The molecular formula is C13H15N3O3. The summed E-state index contributed by atoms with van der Waals surface area (Å²) < 4.78 is 0. The summed E-state index contributed by atoms with van der Waals surface area (Å²) in [6.45, 7) is 3.19. The zero-order valence-electron chi connectivity index (χ0n) is 10.6. The third-order valence-electron chi connectivity index (χ3n) is 3.83. The topological polar surface area (TPSA) is 82.5 Å². The molecule has 19 heavy (non-hydrogen) atoms. The van der Waals surface area contributed by atoms with Gasteiger partial charge in [-0.05, 0) is 25.8 Å². The van der Waals surface area contributed by atoms with Crippen molar-refractivity contribution in [3.05, 3.63) is 22.9 Å². The van der Waals surface area contributed by atoms with Crippen molar-refractivity contribution in [3.8, 4) is 0 Å². The van der Waals surface area contributed by atoms with Gasteiger partial charge in [0.15, 0.2) is 5.69 Å². The number of amides is 1. The summed E-state index contributed by atoms with van der Waals surface area (Å²) in [5.74, 6) is -0.701. The van der Waals surface area contributed by atoms with E-state index in [2.05, 4.69) is 22.1 Å². The number of aromatic nitrogens is 1. The molecule has 1 amide bonds. The quantitative estimate of drug-likeness (QED) is 0.830. The van der Waals surface area contributed by atoms with Crippen LogP contribution in [0.15, 0.2) is 6.07 Å². The van der Waals surface area contributed by atoms with E-state index in [0.717, 1.165) is 19.4 Å². The number of hydrogen-bond donors (Lipinski definition) is 2. The minimum atomic E-state index is -1.08.